The lowest BCUT2D eigenvalue weighted by Crippen LogP contribution is -2.37. The van der Waals surface area contributed by atoms with Crippen molar-refractivity contribution in [2.45, 2.75) is 52.2 Å². The molecule has 3 rings (SSSR count). The number of aliphatic hydroxyl groups is 1. The fourth-order valence-electron chi connectivity index (χ4n) is 3.57. The maximum Gasteiger partial charge on any atom is 0.233 e. The fourth-order valence-corrected chi connectivity index (χ4v) is 3.57. The lowest BCUT2D eigenvalue weighted by atomic mass is 9.87. The van der Waals surface area contributed by atoms with Crippen LogP contribution in [0.25, 0.3) is 0 Å². The molecule has 0 saturated carbocycles. The van der Waals surface area contributed by atoms with E-state index in [1.165, 1.54) is 0 Å². The average Bonchev–Trinajstić information content (AvgIpc) is 3.09. The molecule has 1 saturated heterocycles. The Bertz CT molecular complexity index is 648. The van der Waals surface area contributed by atoms with Gasteiger partial charge in [-0.05, 0) is 50.3 Å². The Morgan fingerprint density at radius 1 is 1.12 bits per heavy atom. The zero-order valence-corrected chi connectivity index (χ0v) is 15.4. The first-order chi connectivity index (χ1) is 12.0. The van der Waals surface area contributed by atoms with Crippen LogP contribution in [0.2, 0.25) is 0 Å². The minimum Gasteiger partial charge on any atom is -0.424 e. The molecule has 5 heteroatoms. The molecule has 0 amide bonds. The summed E-state index contributed by atoms with van der Waals surface area (Å²) in [6.07, 6.45) is 2.41. The summed E-state index contributed by atoms with van der Waals surface area (Å²) in [5.74, 6) is 2.26. The van der Waals surface area contributed by atoms with E-state index in [0.29, 0.717) is 17.7 Å². The van der Waals surface area contributed by atoms with Gasteiger partial charge < -0.3 is 9.52 Å². The average molecular weight is 343 g/mol. The normalized spacial score (nSPS) is 19.2. The summed E-state index contributed by atoms with van der Waals surface area (Å²) < 4.78 is 5.84. The van der Waals surface area contributed by atoms with Crippen molar-refractivity contribution >= 4 is 0 Å². The van der Waals surface area contributed by atoms with Crippen LogP contribution < -0.4 is 0 Å². The van der Waals surface area contributed by atoms with Gasteiger partial charge in [0.2, 0.25) is 11.8 Å². The second-order valence-corrected chi connectivity index (χ2v) is 7.54. The van der Waals surface area contributed by atoms with Crippen LogP contribution in [0.3, 0.4) is 0 Å². The molecule has 0 spiro atoms. The SMILES string of the molecule is CC(C)Cc1nnc([C@H](C)N2CCC([C@H](O)c3ccccc3)CC2)o1. The highest BCUT2D eigenvalue weighted by molar-refractivity contribution is 5.18. The molecule has 0 radical (unpaired) electrons. The highest BCUT2D eigenvalue weighted by atomic mass is 16.4. The molecule has 1 aromatic carbocycles. The van der Waals surface area contributed by atoms with Crippen molar-refractivity contribution in [2.24, 2.45) is 11.8 Å². The van der Waals surface area contributed by atoms with Crippen LogP contribution >= 0.6 is 0 Å². The third-order valence-corrected chi connectivity index (χ3v) is 5.13. The predicted octanol–water partition coefficient (Wildman–Crippen LogP) is 3.77. The quantitative estimate of drug-likeness (QED) is 0.865. The largest absolute Gasteiger partial charge is 0.424 e. The van der Waals surface area contributed by atoms with Crippen LogP contribution in [0.4, 0.5) is 0 Å². The maximum absolute atomic E-state index is 10.6. The third kappa shape index (κ3) is 4.47. The van der Waals surface area contributed by atoms with E-state index in [-0.39, 0.29) is 12.1 Å². The first-order valence-corrected chi connectivity index (χ1v) is 9.34. The van der Waals surface area contributed by atoms with Gasteiger partial charge in [-0.3, -0.25) is 4.90 Å². The molecule has 136 valence electrons. The summed E-state index contributed by atoms with van der Waals surface area (Å²) in [6, 6.07) is 10.1. The van der Waals surface area contributed by atoms with E-state index in [4.69, 9.17) is 4.42 Å². The van der Waals surface area contributed by atoms with E-state index in [1.807, 2.05) is 30.3 Å². The molecule has 25 heavy (non-hydrogen) atoms. The summed E-state index contributed by atoms with van der Waals surface area (Å²) in [5.41, 5.74) is 1.02. The Hall–Kier alpha value is -1.72. The van der Waals surface area contributed by atoms with Crippen molar-refractivity contribution in [3.8, 4) is 0 Å². The molecule has 0 unspecified atom stereocenters. The van der Waals surface area contributed by atoms with Crippen LogP contribution in [0.1, 0.15) is 63.1 Å². The molecule has 1 aliphatic heterocycles. The van der Waals surface area contributed by atoms with E-state index in [9.17, 15) is 5.11 Å². The van der Waals surface area contributed by atoms with Gasteiger partial charge in [-0.2, -0.15) is 0 Å². The standard InChI is InChI=1S/C20H29N3O2/c1-14(2)13-18-21-22-20(25-18)15(3)23-11-9-17(10-12-23)19(24)16-7-5-4-6-8-16/h4-8,14-15,17,19,24H,9-13H2,1-3H3/t15-,19+/m0/s1. The molecular weight excluding hydrogens is 314 g/mol. The second-order valence-electron chi connectivity index (χ2n) is 7.54. The Labute approximate surface area is 150 Å². The Morgan fingerprint density at radius 2 is 1.80 bits per heavy atom. The number of hydrogen-bond acceptors (Lipinski definition) is 5. The molecule has 0 bridgehead atoms. The smallest absolute Gasteiger partial charge is 0.233 e. The molecule has 2 atom stereocenters. The minimum atomic E-state index is -0.375. The van der Waals surface area contributed by atoms with Crippen LogP contribution in [-0.2, 0) is 6.42 Å². The van der Waals surface area contributed by atoms with Gasteiger partial charge in [0, 0.05) is 6.42 Å². The van der Waals surface area contributed by atoms with Crippen LogP contribution in [-0.4, -0.2) is 33.3 Å². The molecule has 1 aromatic heterocycles. The van der Waals surface area contributed by atoms with Gasteiger partial charge in [0.05, 0.1) is 12.1 Å². The first-order valence-electron chi connectivity index (χ1n) is 9.34. The number of hydrogen-bond donors (Lipinski definition) is 1. The lowest BCUT2D eigenvalue weighted by molar-refractivity contribution is 0.0429. The zero-order valence-electron chi connectivity index (χ0n) is 15.4. The van der Waals surface area contributed by atoms with Gasteiger partial charge in [-0.1, -0.05) is 44.2 Å². The van der Waals surface area contributed by atoms with Crippen LogP contribution in [0, 0.1) is 11.8 Å². The molecule has 2 aromatic rings. The predicted molar refractivity (Wildman–Crippen MR) is 97.0 cm³/mol. The Balaban J connectivity index is 1.55. The molecule has 1 fully saturated rings. The Kier molecular flexibility index (Phi) is 5.86. The third-order valence-electron chi connectivity index (χ3n) is 5.13. The number of aromatic nitrogens is 2. The number of aliphatic hydroxyl groups excluding tert-OH is 1. The zero-order chi connectivity index (χ0) is 17.8. The number of likely N-dealkylation sites (tertiary alicyclic amines) is 1. The minimum absolute atomic E-state index is 0.128. The van der Waals surface area contributed by atoms with Gasteiger partial charge in [-0.15, -0.1) is 10.2 Å². The summed E-state index contributed by atoms with van der Waals surface area (Å²) in [5, 5.41) is 19.0. The van der Waals surface area contributed by atoms with Crippen molar-refractivity contribution in [3.63, 3.8) is 0 Å². The second kappa shape index (κ2) is 8.11. The van der Waals surface area contributed by atoms with Gasteiger partial charge in [0.15, 0.2) is 0 Å². The number of piperidine rings is 1. The Morgan fingerprint density at radius 3 is 2.44 bits per heavy atom. The fraction of sp³-hybridized carbons (Fsp3) is 0.600. The summed E-state index contributed by atoms with van der Waals surface area (Å²) in [6.45, 7) is 8.31. The van der Waals surface area contributed by atoms with Gasteiger partial charge in [0.1, 0.15) is 0 Å². The van der Waals surface area contributed by atoms with Crippen molar-refractivity contribution < 1.29 is 9.52 Å². The van der Waals surface area contributed by atoms with E-state index in [2.05, 4.69) is 35.9 Å². The van der Waals surface area contributed by atoms with E-state index < -0.39 is 0 Å². The molecule has 0 aliphatic carbocycles. The van der Waals surface area contributed by atoms with Crippen molar-refractivity contribution in [1.82, 2.24) is 15.1 Å². The van der Waals surface area contributed by atoms with E-state index in [1.54, 1.807) is 0 Å². The van der Waals surface area contributed by atoms with Crippen molar-refractivity contribution in [1.29, 1.82) is 0 Å². The molecular formula is C20H29N3O2. The maximum atomic E-state index is 10.6. The molecule has 2 heterocycles. The van der Waals surface area contributed by atoms with Gasteiger partial charge >= 0.3 is 0 Å². The highest BCUT2D eigenvalue weighted by Gasteiger charge is 2.30. The van der Waals surface area contributed by atoms with Crippen LogP contribution in [0.5, 0.6) is 0 Å². The number of rotatable bonds is 6. The van der Waals surface area contributed by atoms with Gasteiger partial charge in [0.25, 0.3) is 0 Å². The highest BCUT2D eigenvalue weighted by Crippen LogP contribution is 2.33. The van der Waals surface area contributed by atoms with E-state index in [0.717, 1.165) is 43.8 Å². The topological polar surface area (TPSA) is 62.4 Å². The van der Waals surface area contributed by atoms with Crippen LogP contribution in [0.15, 0.2) is 34.7 Å². The van der Waals surface area contributed by atoms with Crippen molar-refractivity contribution in [2.75, 3.05) is 13.1 Å². The van der Waals surface area contributed by atoms with Crippen molar-refractivity contribution in [3.05, 3.63) is 47.7 Å². The van der Waals surface area contributed by atoms with Gasteiger partial charge in [-0.25, -0.2) is 0 Å². The summed E-state index contributed by atoms with van der Waals surface area (Å²) in [7, 11) is 0. The molecule has 5 nitrogen and oxygen atoms in total. The molecule has 1 aliphatic rings. The number of nitrogens with zero attached hydrogens (tertiary/aromatic N) is 3. The number of benzene rings is 1. The molecule has 1 N–H and O–H groups in total. The monoisotopic (exact) mass is 343 g/mol. The summed E-state index contributed by atoms with van der Waals surface area (Å²) in [4.78, 5) is 2.38. The summed E-state index contributed by atoms with van der Waals surface area (Å²) >= 11 is 0. The first kappa shape index (κ1) is 18.1. The lowest BCUT2D eigenvalue weighted by Gasteiger charge is -2.36. The van der Waals surface area contributed by atoms with E-state index >= 15 is 0 Å².